The zero-order chi connectivity index (χ0) is 14.6. The first-order valence-corrected chi connectivity index (χ1v) is 9.13. The minimum atomic E-state index is 0.510. The Bertz CT molecular complexity index is 530. The molecule has 0 aromatic heterocycles. The molecule has 2 bridgehead atoms. The van der Waals surface area contributed by atoms with Crippen LogP contribution in [0.25, 0.3) is 0 Å². The van der Waals surface area contributed by atoms with E-state index in [1.165, 1.54) is 24.8 Å². The van der Waals surface area contributed by atoms with Gasteiger partial charge in [-0.15, -0.1) is 0 Å². The highest BCUT2D eigenvalue weighted by molar-refractivity contribution is 9.10. The highest BCUT2D eigenvalue weighted by atomic mass is 79.9. The van der Waals surface area contributed by atoms with Crippen LogP contribution in [0.3, 0.4) is 0 Å². The molecule has 21 heavy (non-hydrogen) atoms. The molecule has 2 nitrogen and oxygen atoms in total. The minimum Gasteiger partial charge on any atom is -0.493 e. The van der Waals surface area contributed by atoms with Crippen molar-refractivity contribution in [1.29, 1.82) is 0 Å². The number of rotatable bonds is 5. The standard InChI is InChI=1S/C18H24BrNO/c1-3-21-14-7-6-12(9-13(14)19)18(20-2)17-15-10-4-5-11(8-10)16(15)17/h6-7,9-11,15-18,20H,3-5,8H2,1-2H3. The Morgan fingerprint density at radius 1 is 1.29 bits per heavy atom. The molecule has 1 N–H and O–H groups in total. The summed E-state index contributed by atoms with van der Waals surface area (Å²) >= 11 is 3.66. The molecule has 3 fully saturated rings. The summed E-state index contributed by atoms with van der Waals surface area (Å²) in [5, 5.41) is 3.59. The maximum Gasteiger partial charge on any atom is 0.133 e. The Balaban J connectivity index is 1.56. The lowest BCUT2D eigenvalue weighted by molar-refractivity contribution is 0.337. The van der Waals surface area contributed by atoms with Crippen molar-refractivity contribution in [3.63, 3.8) is 0 Å². The lowest BCUT2D eigenvalue weighted by Crippen LogP contribution is -2.22. The molecule has 5 unspecified atom stereocenters. The summed E-state index contributed by atoms with van der Waals surface area (Å²) in [4.78, 5) is 0. The smallest absolute Gasteiger partial charge is 0.133 e. The van der Waals surface area contributed by atoms with E-state index >= 15 is 0 Å². The molecule has 3 aliphatic carbocycles. The molecule has 0 heterocycles. The molecule has 114 valence electrons. The van der Waals surface area contributed by atoms with Gasteiger partial charge in [-0.1, -0.05) is 6.07 Å². The maximum atomic E-state index is 5.63. The van der Waals surface area contributed by atoms with Gasteiger partial charge in [-0.3, -0.25) is 0 Å². The van der Waals surface area contributed by atoms with Gasteiger partial charge in [-0.25, -0.2) is 0 Å². The predicted molar refractivity (Wildman–Crippen MR) is 88.4 cm³/mol. The van der Waals surface area contributed by atoms with E-state index in [4.69, 9.17) is 4.74 Å². The Morgan fingerprint density at radius 3 is 2.57 bits per heavy atom. The monoisotopic (exact) mass is 349 g/mol. The maximum absolute atomic E-state index is 5.63. The number of hydrogen-bond donors (Lipinski definition) is 1. The summed E-state index contributed by atoms with van der Waals surface area (Å²) in [6.45, 7) is 2.74. The van der Waals surface area contributed by atoms with Crippen molar-refractivity contribution >= 4 is 15.9 Å². The van der Waals surface area contributed by atoms with E-state index < -0.39 is 0 Å². The molecule has 0 amide bonds. The van der Waals surface area contributed by atoms with Crippen LogP contribution in [0.15, 0.2) is 22.7 Å². The second kappa shape index (κ2) is 5.27. The highest BCUT2D eigenvalue weighted by Gasteiger charge is 2.66. The van der Waals surface area contributed by atoms with Crippen molar-refractivity contribution in [1.82, 2.24) is 5.32 Å². The summed E-state index contributed by atoms with van der Waals surface area (Å²) < 4.78 is 6.71. The Labute approximate surface area is 135 Å². The lowest BCUT2D eigenvalue weighted by Gasteiger charge is -2.21. The zero-order valence-corrected chi connectivity index (χ0v) is 14.4. The molecule has 4 rings (SSSR count). The van der Waals surface area contributed by atoms with Crippen molar-refractivity contribution in [2.45, 2.75) is 32.2 Å². The van der Waals surface area contributed by atoms with E-state index in [2.05, 4.69) is 46.5 Å². The second-order valence-corrected chi connectivity index (χ2v) is 7.81. The molecule has 3 aliphatic rings. The van der Waals surface area contributed by atoms with Crippen LogP contribution in [0.1, 0.15) is 37.8 Å². The van der Waals surface area contributed by atoms with Crippen LogP contribution in [-0.4, -0.2) is 13.7 Å². The van der Waals surface area contributed by atoms with Gasteiger partial charge in [0.25, 0.3) is 0 Å². The third kappa shape index (κ3) is 2.16. The number of nitrogens with one attached hydrogen (secondary N) is 1. The zero-order valence-electron chi connectivity index (χ0n) is 12.8. The Morgan fingerprint density at radius 2 is 2.00 bits per heavy atom. The van der Waals surface area contributed by atoms with Gasteiger partial charge in [-0.2, -0.15) is 0 Å². The van der Waals surface area contributed by atoms with E-state index in [0.717, 1.165) is 39.8 Å². The minimum absolute atomic E-state index is 0.510. The fourth-order valence-corrected chi connectivity index (χ4v) is 5.91. The van der Waals surface area contributed by atoms with E-state index in [1.54, 1.807) is 0 Å². The van der Waals surface area contributed by atoms with Gasteiger partial charge >= 0.3 is 0 Å². The molecule has 1 aromatic rings. The Kier molecular flexibility index (Phi) is 3.54. The molecule has 3 saturated carbocycles. The van der Waals surface area contributed by atoms with Gasteiger partial charge in [0.1, 0.15) is 5.75 Å². The lowest BCUT2D eigenvalue weighted by atomic mass is 9.93. The third-order valence-corrected chi connectivity index (χ3v) is 6.73. The number of fused-ring (bicyclic) bond motifs is 5. The first kappa shape index (κ1) is 14.1. The van der Waals surface area contributed by atoms with Crippen LogP contribution in [0.4, 0.5) is 0 Å². The van der Waals surface area contributed by atoms with Crippen molar-refractivity contribution in [2.24, 2.45) is 29.6 Å². The third-order valence-electron chi connectivity index (χ3n) is 6.11. The molecule has 1 aromatic carbocycles. The fourth-order valence-electron chi connectivity index (χ4n) is 5.40. The quantitative estimate of drug-likeness (QED) is 0.850. The first-order valence-electron chi connectivity index (χ1n) is 8.34. The molecular formula is C18H24BrNO. The van der Waals surface area contributed by atoms with E-state index in [1.807, 2.05) is 6.92 Å². The van der Waals surface area contributed by atoms with Crippen molar-refractivity contribution < 1.29 is 4.74 Å². The van der Waals surface area contributed by atoms with Gasteiger partial charge in [0.2, 0.25) is 0 Å². The molecule has 0 radical (unpaired) electrons. The van der Waals surface area contributed by atoms with E-state index in [9.17, 15) is 0 Å². The number of ether oxygens (including phenoxy) is 1. The van der Waals surface area contributed by atoms with Gasteiger partial charge < -0.3 is 10.1 Å². The van der Waals surface area contributed by atoms with Crippen molar-refractivity contribution in [3.05, 3.63) is 28.2 Å². The summed E-state index contributed by atoms with van der Waals surface area (Å²) in [7, 11) is 2.12. The molecule has 5 atom stereocenters. The summed E-state index contributed by atoms with van der Waals surface area (Å²) in [6.07, 6.45) is 4.51. The van der Waals surface area contributed by atoms with Gasteiger partial charge in [0.05, 0.1) is 11.1 Å². The number of benzene rings is 1. The topological polar surface area (TPSA) is 21.3 Å². The normalized spacial score (nSPS) is 37.4. The average Bonchev–Trinajstić information content (AvgIpc) is 2.90. The van der Waals surface area contributed by atoms with Crippen LogP contribution in [0.2, 0.25) is 0 Å². The second-order valence-electron chi connectivity index (χ2n) is 6.95. The van der Waals surface area contributed by atoms with E-state index in [-0.39, 0.29) is 0 Å². The van der Waals surface area contributed by atoms with Crippen molar-refractivity contribution in [3.8, 4) is 5.75 Å². The van der Waals surface area contributed by atoms with Crippen LogP contribution in [0, 0.1) is 29.6 Å². The largest absolute Gasteiger partial charge is 0.493 e. The van der Waals surface area contributed by atoms with Crippen molar-refractivity contribution in [2.75, 3.05) is 13.7 Å². The van der Waals surface area contributed by atoms with Gasteiger partial charge in [-0.05, 0) is 96.4 Å². The predicted octanol–water partition coefficient (Wildman–Crippen LogP) is 4.40. The molecule has 0 spiro atoms. The molecular weight excluding hydrogens is 326 g/mol. The number of hydrogen-bond acceptors (Lipinski definition) is 2. The van der Waals surface area contributed by atoms with Gasteiger partial charge in [0, 0.05) is 6.04 Å². The molecule has 0 saturated heterocycles. The number of halogens is 1. The molecule has 3 heteroatoms. The van der Waals surface area contributed by atoms with Gasteiger partial charge in [0.15, 0.2) is 0 Å². The highest BCUT2D eigenvalue weighted by Crippen LogP contribution is 2.72. The van der Waals surface area contributed by atoms with Crippen LogP contribution < -0.4 is 10.1 Å². The average molecular weight is 350 g/mol. The van der Waals surface area contributed by atoms with E-state index in [0.29, 0.717) is 12.6 Å². The Hall–Kier alpha value is -0.540. The van der Waals surface area contributed by atoms with Crippen LogP contribution >= 0.6 is 15.9 Å². The van der Waals surface area contributed by atoms with Crippen LogP contribution in [0.5, 0.6) is 5.75 Å². The summed E-state index contributed by atoms with van der Waals surface area (Å²) in [6, 6.07) is 7.12. The SMILES string of the molecule is CCOc1ccc(C(NC)C2C3C4CCC(C4)C32)cc1Br. The molecule has 0 aliphatic heterocycles. The summed E-state index contributed by atoms with van der Waals surface area (Å²) in [5.74, 6) is 5.90. The fraction of sp³-hybridized carbons (Fsp3) is 0.667. The first-order chi connectivity index (χ1) is 10.2. The van der Waals surface area contributed by atoms with Crippen LogP contribution in [-0.2, 0) is 0 Å². The summed E-state index contributed by atoms with van der Waals surface area (Å²) in [5.41, 5.74) is 1.41.